The zero-order valence-corrected chi connectivity index (χ0v) is 13.1. The van der Waals surface area contributed by atoms with Gasteiger partial charge in [0.25, 0.3) is 0 Å². The van der Waals surface area contributed by atoms with Gasteiger partial charge >= 0.3 is 0 Å². The van der Waals surface area contributed by atoms with Gasteiger partial charge in [0.15, 0.2) is 0 Å². The molecule has 100 valence electrons. The minimum Gasteiger partial charge on any atom is -0.140 e. The predicted octanol–water partition coefficient (Wildman–Crippen LogP) is 5.70. The van der Waals surface area contributed by atoms with Crippen molar-refractivity contribution in [2.24, 2.45) is 11.3 Å². The Bertz CT molecular complexity index is 637. The van der Waals surface area contributed by atoms with Crippen molar-refractivity contribution in [2.75, 3.05) is 0 Å². The number of thiophene rings is 1. The Kier molecular flexibility index (Phi) is 3.05. The van der Waals surface area contributed by atoms with Gasteiger partial charge in [0.1, 0.15) is 0 Å². The molecule has 0 N–H and O–H groups in total. The molecule has 0 radical (unpaired) electrons. The van der Waals surface area contributed by atoms with Gasteiger partial charge in [-0.15, -0.1) is 11.3 Å². The SMILES string of the molecule is CC1C=Cc2c(sc3ccc(CC(C)(C)C)cc23)C1. The average Bonchev–Trinajstić information content (AvgIpc) is 2.63. The maximum Gasteiger partial charge on any atom is 0.0352 e. The molecule has 1 heterocycles. The fraction of sp³-hybridized carbons (Fsp3) is 0.444. The first-order valence-corrected chi connectivity index (χ1v) is 7.96. The average molecular weight is 270 g/mol. The standard InChI is InChI=1S/C18H22S/c1-12-5-7-14-15-10-13(11-18(2,3)4)6-8-16(15)19-17(14)9-12/h5-8,10,12H,9,11H2,1-4H3. The number of allylic oxidation sites excluding steroid dienone is 1. The summed E-state index contributed by atoms with van der Waals surface area (Å²) in [6.45, 7) is 9.22. The zero-order chi connectivity index (χ0) is 13.6. The van der Waals surface area contributed by atoms with Crippen LogP contribution >= 0.6 is 11.3 Å². The number of fused-ring (bicyclic) bond motifs is 3. The van der Waals surface area contributed by atoms with Crippen LogP contribution in [0.15, 0.2) is 24.3 Å². The summed E-state index contributed by atoms with van der Waals surface area (Å²) in [5.74, 6) is 0.689. The largest absolute Gasteiger partial charge is 0.140 e. The van der Waals surface area contributed by atoms with Crippen LogP contribution in [0.1, 0.15) is 43.7 Å². The van der Waals surface area contributed by atoms with Gasteiger partial charge in [-0.05, 0) is 47.4 Å². The van der Waals surface area contributed by atoms with E-state index in [4.69, 9.17) is 0 Å². The number of rotatable bonds is 1. The normalized spacial score (nSPS) is 18.8. The van der Waals surface area contributed by atoms with E-state index in [2.05, 4.69) is 58.0 Å². The first kappa shape index (κ1) is 12.9. The minimum atomic E-state index is 0.355. The first-order valence-electron chi connectivity index (χ1n) is 7.15. The molecule has 1 atom stereocenters. The molecule has 0 aliphatic heterocycles. The Balaban J connectivity index is 2.07. The second-order valence-electron chi connectivity index (χ2n) is 7.05. The molecule has 2 aromatic rings. The van der Waals surface area contributed by atoms with Gasteiger partial charge < -0.3 is 0 Å². The molecule has 1 unspecified atom stereocenters. The van der Waals surface area contributed by atoms with E-state index in [1.54, 1.807) is 4.88 Å². The molecule has 0 amide bonds. The molecular formula is C18H22S. The fourth-order valence-electron chi connectivity index (χ4n) is 2.89. The van der Waals surface area contributed by atoms with Crippen molar-refractivity contribution in [2.45, 2.75) is 40.5 Å². The van der Waals surface area contributed by atoms with Crippen LogP contribution in [-0.4, -0.2) is 0 Å². The third kappa shape index (κ3) is 2.62. The highest BCUT2D eigenvalue weighted by atomic mass is 32.1. The van der Waals surface area contributed by atoms with E-state index in [9.17, 15) is 0 Å². The van der Waals surface area contributed by atoms with Gasteiger partial charge in [0, 0.05) is 15.0 Å². The van der Waals surface area contributed by atoms with Crippen LogP contribution in [-0.2, 0) is 12.8 Å². The second-order valence-corrected chi connectivity index (χ2v) is 8.18. The zero-order valence-electron chi connectivity index (χ0n) is 12.3. The fourth-order valence-corrected chi connectivity index (χ4v) is 4.21. The van der Waals surface area contributed by atoms with Gasteiger partial charge in [-0.25, -0.2) is 0 Å². The molecular weight excluding hydrogens is 248 g/mol. The van der Waals surface area contributed by atoms with E-state index >= 15 is 0 Å². The van der Waals surface area contributed by atoms with Gasteiger partial charge in [-0.1, -0.05) is 45.9 Å². The molecule has 0 spiro atoms. The minimum absolute atomic E-state index is 0.355. The summed E-state index contributed by atoms with van der Waals surface area (Å²) in [7, 11) is 0. The third-order valence-electron chi connectivity index (χ3n) is 3.70. The lowest BCUT2D eigenvalue weighted by Crippen LogP contribution is -2.08. The Hall–Kier alpha value is -1.08. The molecule has 19 heavy (non-hydrogen) atoms. The lowest BCUT2D eigenvalue weighted by atomic mass is 9.87. The van der Waals surface area contributed by atoms with Crippen molar-refractivity contribution in [3.8, 4) is 0 Å². The highest BCUT2D eigenvalue weighted by molar-refractivity contribution is 7.19. The molecule has 0 fully saturated rings. The Morgan fingerprint density at radius 1 is 1.26 bits per heavy atom. The van der Waals surface area contributed by atoms with Gasteiger partial charge in [-0.2, -0.15) is 0 Å². The summed E-state index contributed by atoms with van der Waals surface area (Å²) in [4.78, 5) is 1.57. The lowest BCUT2D eigenvalue weighted by Gasteiger charge is -2.18. The van der Waals surface area contributed by atoms with Gasteiger partial charge in [0.2, 0.25) is 0 Å². The smallest absolute Gasteiger partial charge is 0.0352 e. The topological polar surface area (TPSA) is 0 Å². The summed E-state index contributed by atoms with van der Waals surface area (Å²) in [6.07, 6.45) is 7.04. The molecule has 1 aromatic carbocycles. The maximum atomic E-state index is 2.41. The maximum absolute atomic E-state index is 2.41. The van der Waals surface area contributed by atoms with Crippen molar-refractivity contribution in [1.82, 2.24) is 0 Å². The lowest BCUT2D eigenvalue weighted by molar-refractivity contribution is 0.411. The molecule has 1 heteroatoms. The second kappa shape index (κ2) is 4.49. The number of hydrogen-bond donors (Lipinski definition) is 0. The van der Waals surface area contributed by atoms with Crippen LogP contribution in [0, 0.1) is 11.3 Å². The number of hydrogen-bond acceptors (Lipinski definition) is 1. The summed E-state index contributed by atoms with van der Waals surface area (Å²) >= 11 is 1.98. The Morgan fingerprint density at radius 3 is 2.79 bits per heavy atom. The predicted molar refractivity (Wildman–Crippen MR) is 86.9 cm³/mol. The summed E-state index contributed by atoms with van der Waals surface area (Å²) in [5.41, 5.74) is 3.30. The van der Waals surface area contributed by atoms with E-state index in [0.717, 1.165) is 6.42 Å². The van der Waals surface area contributed by atoms with Gasteiger partial charge in [0.05, 0.1) is 0 Å². The third-order valence-corrected chi connectivity index (χ3v) is 4.91. The van der Waals surface area contributed by atoms with Crippen LogP contribution in [0.3, 0.4) is 0 Å². The molecule has 0 nitrogen and oxygen atoms in total. The first-order chi connectivity index (χ1) is 8.92. The van der Waals surface area contributed by atoms with Crippen molar-refractivity contribution in [3.05, 3.63) is 40.3 Å². The molecule has 0 saturated carbocycles. The molecule has 3 rings (SSSR count). The Labute approximate surface area is 120 Å². The van der Waals surface area contributed by atoms with E-state index < -0.39 is 0 Å². The summed E-state index contributed by atoms with van der Waals surface area (Å²) in [6, 6.07) is 7.04. The van der Waals surface area contributed by atoms with E-state index in [1.807, 2.05) is 11.3 Å². The quantitative estimate of drug-likeness (QED) is 0.624. The van der Waals surface area contributed by atoms with Crippen LogP contribution < -0.4 is 0 Å². The van der Waals surface area contributed by atoms with Crippen LogP contribution in [0.5, 0.6) is 0 Å². The number of benzene rings is 1. The molecule has 0 bridgehead atoms. The van der Waals surface area contributed by atoms with Crippen molar-refractivity contribution in [1.29, 1.82) is 0 Å². The van der Waals surface area contributed by atoms with E-state index in [-0.39, 0.29) is 0 Å². The van der Waals surface area contributed by atoms with Gasteiger partial charge in [-0.3, -0.25) is 0 Å². The van der Waals surface area contributed by atoms with Crippen LogP contribution in [0.4, 0.5) is 0 Å². The Morgan fingerprint density at radius 2 is 2.05 bits per heavy atom. The molecule has 1 aliphatic rings. The molecule has 0 saturated heterocycles. The molecule has 1 aliphatic carbocycles. The highest BCUT2D eigenvalue weighted by Crippen LogP contribution is 2.38. The van der Waals surface area contributed by atoms with Crippen LogP contribution in [0.2, 0.25) is 0 Å². The molecule has 1 aromatic heterocycles. The van der Waals surface area contributed by atoms with Crippen molar-refractivity contribution >= 4 is 27.5 Å². The monoisotopic (exact) mass is 270 g/mol. The summed E-state index contributed by atoms with van der Waals surface area (Å²) < 4.78 is 1.45. The summed E-state index contributed by atoms with van der Waals surface area (Å²) in [5, 5.41) is 1.46. The van der Waals surface area contributed by atoms with E-state index in [0.29, 0.717) is 11.3 Å². The van der Waals surface area contributed by atoms with E-state index in [1.165, 1.54) is 27.6 Å². The van der Waals surface area contributed by atoms with Crippen molar-refractivity contribution < 1.29 is 0 Å². The van der Waals surface area contributed by atoms with Crippen LogP contribution in [0.25, 0.3) is 16.2 Å². The highest BCUT2D eigenvalue weighted by Gasteiger charge is 2.17. The van der Waals surface area contributed by atoms with Crippen molar-refractivity contribution in [3.63, 3.8) is 0 Å².